The van der Waals surface area contributed by atoms with Gasteiger partial charge in [-0.25, -0.2) is 4.39 Å². The molecule has 1 unspecified atom stereocenters. The van der Waals surface area contributed by atoms with E-state index in [4.69, 9.17) is 11.6 Å². The first-order valence-electron chi connectivity index (χ1n) is 10.1. The summed E-state index contributed by atoms with van der Waals surface area (Å²) in [6.45, 7) is 0.259. The minimum absolute atomic E-state index is 0.200. The summed E-state index contributed by atoms with van der Waals surface area (Å²) >= 11 is 6.09. The summed E-state index contributed by atoms with van der Waals surface area (Å²) in [5.41, 5.74) is 3.63. The highest BCUT2D eigenvalue weighted by atomic mass is 35.5. The number of rotatable bonds is 3. The van der Waals surface area contributed by atoms with Gasteiger partial charge in [0.25, 0.3) is 5.91 Å². The van der Waals surface area contributed by atoms with Gasteiger partial charge in [0.15, 0.2) is 0 Å². The molecule has 162 valence electrons. The lowest BCUT2D eigenvalue weighted by molar-refractivity contribution is -0.136. The number of benzene rings is 2. The van der Waals surface area contributed by atoms with E-state index in [9.17, 15) is 18.8 Å². The van der Waals surface area contributed by atoms with Crippen LogP contribution in [0, 0.1) is 5.82 Å². The average molecular weight is 453 g/mol. The zero-order valence-corrected chi connectivity index (χ0v) is 17.8. The molecule has 2 aliphatic heterocycles. The zero-order valence-electron chi connectivity index (χ0n) is 17.1. The van der Waals surface area contributed by atoms with Crippen LogP contribution < -0.4 is 5.32 Å². The van der Waals surface area contributed by atoms with Gasteiger partial charge in [-0.3, -0.25) is 24.4 Å². The summed E-state index contributed by atoms with van der Waals surface area (Å²) in [5, 5.41) is 7.01. The van der Waals surface area contributed by atoms with Crippen LogP contribution in [0.2, 0.25) is 5.02 Å². The molecule has 3 amide bonds. The smallest absolute Gasteiger partial charge is 0.255 e. The summed E-state index contributed by atoms with van der Waals surface area (Å²) in [7, 11) is 1.72. The van der Waals surface area contributed by atoms with Gasteiger partial charge in [0.2, 0.25) is 11.8 Å². The van der Waals surface area contributed by atoms with Crippen molar-refractivity contribution in [3.8, 4) is 22.4 Å². The van der Waals surface area contributed by atoms with E-state index in [1.807, 2.05) is 6.07 Å². The predicted octanol–water partition coefficient (Wildman–Crippen LogP) is 3.31. The number of hydrogen-bond acceptors (Lipinski definition) is 4. The van der Waals surface area contributed by atoms with Crippen LogP contribution in [-0.2, 0) is 23.2 Å². The largest absolute Gasteiger partial charge is 0.322 e. The fourth-order valence-electron chi connectivity index (χ4n) is 4.39. The lowest BCUT2D eigenvalue weighted by Gasteiger charge is -2.29. The molecule has 1 saturated heterocycles. The van der Waals surface area contributed by atoms with Crippen molar-refractivity contribution in [1.82, 2.24) is 20.0 Å². The Balaban J connectivity index is 1.52. The molecule has 9 heteroatoms. The second-order valence-electron chi connectivity index (χ2n) is 7.93. The molecule has 1 N–H and O–H groups in total. The lowest BCUT2D eigenvalue weighted by Crippen LogP contribution is -2.52. The molecule has 1 aromatic heterocycles. The predicted molar refractivity (Wildman–Crippen MR) is 115 cm³/mol. The first kappa shape index (κ1) is 20.4. The molecule has 0 saturated carbocycles. The topological polar surface area (TPSA) is 84.3 Å². The number of nitrogens with zero attached hydrogens (tertiary/aromatic N) is 3. The molecule has 1 fully saturated rings. The standard InChI is InChI=1S/C23H18ClFN4O3/c1-28-21(16-9-14(24)3-5-18(16)25)17(10-26-28)12-2-4-15-13(8-12)11-29(23(15)32)19-6-7-20(30)27-22(19)31/h2-5,8-10,19H,6-7,11H2,1H3,(H,27,30,31). The molecular weight excluding hydrogens is 435 g/mol. The van der Waals surface area contributed by atoms with Crippen LogP contribution in [-0.4, -0.2) is 38.4 Å². The summed E-state index contributed by atoms with van der Waals surface area (Å²) in [4.78, 5) is 38.1. The SMILES string of the molecule is Cn1ncc(-c2ccc3c(c2)CN(C2CCC(=O)NC2=O)C3=O)c1-c1cc(Cl)ccc1F. The van der Waals surface area contributed by atoms with Crippen molar-refractivity contribution in [2.75, 3.05) is 0 Å². The number of imide groups is 1. The number of aromatic nitrogens is 2. The zero-order chi connectivity index (χ0) is 22.6. The number of piperidine rings is 1. The number of carbonyl (C=O) groups excluding carboxylic acids is 3. The van der Waals surface area contributed by atoms with Crippen LogP contribution >= 0.6 is 11.6 Å². The Morgan fingerprint density at radius 1 is 1.09 bits per heavy atom. The Morgan fingerprint density at radius 2 is 1.91 bits per heavy atom. The van der Waals surface area contributed by atoms with Crippen LogP contribution in [0.3, 0.4) is 0 Å². The quantitative estimate of drug-likeness (QED) is 0.618. The summed E-state index contributed by atoms with van der Waals surface area (Å²) in [5.74, 6) is -1.43. The number of hydrogen-bond donors (Lipinski definition) is 1. The normalized spacial score (nSPS) is 18.2. The van der Waals surface area contributed by atoms with Crippen molar-refractivity contribution in [3.63, 3.8) is 0 Å². The number of carbonyl (C=O) groups is 3. The van der Waals surface area contributed by atoms with Crippen LogP contribution in [0.1, 0.15) is 28.8 Å². The average Bonchev–Trinajstić information content (AvgIpc) is 3.29. The third-order valence-corrected chi connectivity index (χ3v) is 6.19. The molecule has 32 heavy (non-hydrogen) atoms. The lowest BCUT2D eigenvalue weighted by atomic mass is 9.98. The van der Waals surface area contributed by atoms with Gasteiger partial charge < -0.3 is 4.90 Å². The molecule has 2 aliphatic rings. The molecule has 2 aromatic carbocycles. The summed E-state index contributed by atoms with van der Waals surface area (Å²) in [6.07, 6.45) is 2.15. The first-order valence-corrected chi connectivity index (χ1v) is 10.5. The van der Waals surface area contributed by atoms with Crippen LogP contribution in [0.4, 0.5) is 4.39 Å². The number of amides is 3. The Kier molecular flexibility index (Phi) is 4.82. The molecule has 5 rings (SSSR count). The number of halogens is 2. The van der Waals surface area contributed by atoms with E-state index >= 15 is 0 Å². The third-order valence-electron chi connectivity index (χ3n) is 5.96. The van der Waals surface area contributed by atoms with Crippen molar-refractivity contribution < 1.29 is 18.8 Å². The van der Waals surface area contributed by atoms with E-state index in [2.05, 4.69) is 10.4 Å². The van der Waals surface area contributed by atoms with Gasteiger partial charge in [0.05, 0.1) is 11.9 Å². The van der Waals surface area contributed by atoms with Gasteiger partial charge in [0.1, 0.15) is 11.9 Å². The Bertz CT molecular complexity index is 1300. The molecule has 1 atom stereocenters. The summed E-state index contributed by atoms with van der Waals surface area (Å²) < 4.78 is 16.2. The number of aryl methyl sites for hydroxylation is 1. The van der Waals surface area contributed by atoms with Gasteiger partial charge in [0, 0.05) is 41.7 Å². The van der Waals surface area contributed by atoms with E-state index in [0.29, 0.717) is 33.8 Å². The van der Waals surface area contributed by atoms with E-state index < -0.39 is 17.8 Å². The number of nitrogens with one attached hydrogen (secondary N) is 1. The molecular formula is C23H18ClFN4O3. The molecule has 7 nitrogen and oxygen atoms in total. The van der Waals surface area contributed by atoms with Crippen LogP contribution in [0.15, 0.2) is 42.6 Å². The van der Waals surface area contributed by atoms with Crippen molar-refractivity contribution >= 4 is 29.3 Å². The molecule has 0 spiro atoms. The van der Waals surface area contributed by atoms with Gasteiger partial charge in [-0.15, -0.1) is 0 Å². The van der Waals surface area contributed by atoms with Gasteiger partial charge in [-0.05, 0) is 47.9 Å². The molecule has 0 radical (unpaired) electrons. The van der Waals surface area contributed by atoms with Crippen molar-refractivity contribution in [2.45, 2.75) is 25.4 Å². The van der Waals surface area contributed by atoms with Crippen molar-refractivity contribution in [2.24, 2.45) is 7.05 Å². The van der Waals surface area contributed by atoms with Crippen LogP contribution in [0.25, 0.3) is 22.4 Å². The van der Waals surface area contributed by atoms with Gasteiger partial charge in [-0.2, -0.15) is 5.10 Å². The highest BCUT2D eigenvalue weighted by Gasteiger charge is 2.39. The maximum atomic E-state index is 14.6. The molecule has 0 bridgehead atoms. The van der Waals surface area contributed by atoms with E-state index in [-0.39, 0.29) is 24.8 Å². The monoisotopic (exact) mass is 452 g/mol. The van der Waals surface area contributed by atoms with Gasteiger partial charge in [-0.1, -0.05) is 17.7 Å². The summed E-state index contributed by atoms with van der Waals surface area (Å²) in [6, 6.07) is 9.04. The van der Waals surface area contributed by atoms with Crippen LogP contribution in [0.5, 0.6) is 0 Å². The third kappa shape index (κ3) is 3.27. The first-order chi connectivity index (χ1) is 15.3. The molecule has 0 aliphatic carbocycles. The second kappa shape index (κ2) is 7.56. The fraction of sp³-hybridized carbons (Fsp3) is 0.217. The Morgan fingerprint density at radius 3 is 2.69 bits per heavy atom. The number of fused-ring (bicyclic) bond motifs is 1. The minimum Gasteiger partial charge on any atom is -0.322 e. The maximum absolute atomic E-state index is 14.6. The van der Waals surface area contributed by atoms with Crippen molar-refractivity contribution in [1.29, 1.82) is 0 Å². The molecule has 3 aromatic rings. The minimum atomic E-state index is -0.675. The Hall–Kier alpha value is -3.52. The van der Waals surface area contributed by atoms with Crippen molar-refractivity contribution in [3.05, 3.63) is 64.6 Å². The fourth-order valence-corrected chi connectivity index (χ4v) is 4.56. The van der Waals surface area contributed by atoms with E-state index in [1.54, 1.807) is 36.1 Å². The highest BCUT2D eigenvalue weighted by molar-refractivity contribution is 6.30. The highest BCUT2D eigenvalue weighted by Crippen LogP contribution is 2.37. The van der Waals surface area contributed by atoms with E-state index in [0.717, 1.165) is 11.1 Å². The Labute approximate surface area is 187 Å². The second-order valence-corrected chi connectivity index (χ2v) is 8.36. The maximum Gasteiger partial charge on any atom is 0.255 e. The molecule has 3 heterocycles. The van der Waals surface area contributed by atoms with E-state index in [1.165, 1.54) is 17.0 Å². The van der Waals surface area contributed by atoms with Gasteiger partial charge >= 0.3 is 0 Å².